The molecule has 3 aromatic heterocycles. The number of aromatic nitrogens is 4. The predicted octanol–water partition coefficient (Wildman–Crippen LogP) is 4.20. The van der Waals surface area contributed by atoms with Crippen molar-refractivity contribution < 1.29 is 9.90 Å². The summed E-state index contributed by atoms with van der Waals surface area (Å²) in [5.74, 6) is 0.356. The number of carbonyl (C=O) groups excluding carboxylic acids is 1. The summed E-state index contributed by atoms with van der Waals surface area (Å²) in [5.41, 5.74) is 4.38. The van der Waals surface area contributed by atoms with E-state index in [-0.39, 0.29) is 23.5 Å². The third kappa shape index (κ3) is 6.85. The Morgan fingerprint density at radius 3 is 2.55 bits per heavy atom. The first-order valence-corrected chi connectivity index (χ1v) is 16.3. The van der Waals surface area contributed by atoms with Crippen molar-refractivity contribution in [3.8, 4) is 11.3 Å². The molecule has 1 aromatic carbocycles. The van der Waals surface area contributed by atoms with Gasteiger partial charge in [0.15, 0.2) is 5.01 Å². The van der Waals surface area contributed by atoms with Crippen LogP contribution in [0.2, 0.25) is 0 Å². The van der Waals surface area contributed by atoms with Gasteiger partial charge in [0.25, 0.3) is 11.5 Å². The highest BCUT2D eigenvalue weighted by Gasteiger charge is 2.30. The number of benzene rings is 1. The van der Waals surface area contributed by atoms with E-state index in [1.54, 1.807) is 0 Å². The minimum absolute atomic E-state index is 0.233. The van der Waals surface area contributed by atoms with Crippen LogP contribution in [0.4, 0.5) is 0 Å². The highest BCUT2D eigenvalue weighted by molar-refractivity contribution is 7.19. The van der Waals surface area contributed by atoms with E-state index in [0.29, 0.717) is 28.6 Å². The number of aliphatic hydroxyl groups excluding tert-OH is 1. The lowest BCUT2D eigenvalue weighted by Gasteiger charge is -2.34. The van der Waals surface area contributed by atoms with E-state index in [2.05, 4.69) is 47.0 Å². The van der Waals surface area contributed by atoms with Gasteiger partial charge in [0, 0.05) is 31.4 Å². The van der Waals surface area contributed by atoms with Gasteiger partial charge in [-0.1, -0.05) is 56.4 Å². The first kappa shape index (κ1) is 30.4. The average molecular weight is 617 g/mol. The zero-order valence-corrected chi connectivity index (χ0v) is 26.3. The molecule has 0 radical (unpaired) electrons. The van der Waals surface area contributed by atoms with E-state index < -0.39 is 11.2 Å². The third-order valence-electron chi connectivity index (χ3n) is 9.15. The summed E-state index contributed by atoms with van der Waals surface area (Å²) < 4.78 is 0. The molecule has 4 N–H and O–H groups in total. The second-order valence-electron chi connectivity index (χ2n) is 13.3. The molecule has 1 saturated heterocycles. The highest BCUT2D eigenvalue weighted by atomic mass is 32.1. The van der Waals surface area contributed by atoms with Gasteiger partial charge in [-0.05, 0) is 72.6 Å². The number of aryl methyl sites for hydroxylation is 1. The molecule has 232 valence electrons. The van der Waals surface area contributed by atoms with Crippen molar-refractivity contribution in [2.75, 3.05) is 19.6 Å². The SMILES string of the molecule is CC(C)(C)[C@H]1CCc2nc3sc(C(=O)N[C@H](CCN4CCC(O)CC4)c4ccc(-c5cc(=O)[nH]c(=O)[nH]5)cc4)nc3cc2C1. The molecule has 11 heteroatoms. The number of nitrogens with zero attached hydrogens (tertiary/aromatic N) is 3. The normalized spacial score (nSPS) is 18.7. The fourth-order valence-corrected chi connectivity index (χ4v) is 7.21. The van der Waals surface area contributed by atoms with Crippen LogP contribution in [-0.2, 0) is 12.8 Å². The van der Waals surface area contributed by atoms with Gasteiger partial charge >= 0.3 is 5.69 Å². The Morgan fingerprint density at radius 2 is 1.84 bits per heavy atom. The van der Waals surface area contributed by atoms with Crippen molar-refractivity contribution >= 4 is 27.6 Å². The Morgan fingerprint density at radius 1 is 1.09 bits per heavy atom. The Bertz CT molecular complexity index is 1730. The van der Waals surface area contributed by atoms with Crippen molar-refractivity contribution in [2.45, 2.75) is 71.4 Å². The van der Waals surface area contributed by atoms with E-state index in [1.165, 1.54) is 23.0 Å². The number of thiazole rings is 1. The lowest BCUT2D eigenvalue weighted by atomic mass is 9.71. The number of H-pyrrole nitrogens is 2. The van der Waals surface area contributed by atoms with Gasteiger partial charge < -0.3 is 20.3 Å². The molecule has 10 nitrogen and oxygen atoms in total. The van der Waals surface area contributed by atoms with Gasteiger partial charge in [-0.25, -0.2) is 14.8 Å². The number of fused-ring (bicyclic) bond motifs is 2. The fraction of sp³-hybridized carbons (Fsp3) is 0.485. The van der Waals surface area contributed by atoms with Crippen LogP contribution in [0.1, 0.15) is 79.1 Å². The largest absolute Gasteiger partial charge is 0.393 e. The molecule has 44 heavy (non-hydrogen) atoms. The summed E-state index contributed by atoms with van der Waals surface area (Å²) >= 11 is 1.33. The number of carbonyl (C=O) groups is 1. The maximum absolute atomic E-state index is 13.6. The number of aromatic amines is 2. The zero-order chi connectivity index (χ0) is 31.0. The van der Waals surface area contributed by atoms with Crippen LogP contribution in [0.5, 0.6) is 0 Å². The monoisotopic (exact) mass is 616 g/mol. The molecule has 4 aromatic rings. The van der Waals surface area contributed by atoms with E-state index >= 15 is 0 Å². The molecule has 0 bridgehead atoms. The van der Waals surface area contributed by atoms with Crippen LogP contribution in [0.25, 0.3) is 21.6 Å². The lowest BCUT2D eigenvalue weighted by Crippen LogP contribution is -2.38. The Balaban J connectivity index is 1.23. The molecule has 0 saturated carbocycles. The molecule has 2 aliphatic rings. The minimum Gasteiger partial charge on any atom is -0.393 e. The third-order valence-corrected chi connectivity index (χ3v) is 10.1. The molecule has 1 amide bonds. The van der Waals surface area contributed by atoms with Gasteiger partial charge in [0.05, 0.1) is 17.8 Å². The highest BCUT2D eigenvalue weighted by Crippen LogP contribution is 2.38. The molecule has 6 rings (SSSR count). The molecule has 2 atom stereocenters. The predicted molar refractivity (Wildman–Crippen MR) is 172 cm³/mol. The zero-order valence-electron chi connectivity index (χ0n) is 25.5. The number of pyridine rings is 1. The van der Waals surface area contributed by atoms with E-state index in [1.807, 2.05) is 24.3 Å². The summed E-state index contributed by atoms with van der Waals surface area (Å²) in [6.45, 7) is 9.29. The summed E-state index contributed by atoms with van der Waals surface area (Å²) in [7, 11) is 0. The van der Waals surface area contributed by atoms with Gasteiger partial charge in [0.1, 0.15) is 10.3 Å². The van der Waals surface area contributed by atoms with Crippen molar-refractivity contribution in [1.82, 2.24) is 30.2 Å². The van der Waals surface area contributed by atoms with E-state index in [9.17, 15) is 19.5 Å². The summed E-state index contributed by atoms with van der Waals surface area (Å²) in [4.78, 5) is 54.8. The number of hydrogen-bond acceptors (Lipinski definition) is 8. The van der Waals surface area contributed by atoms with Gasteiger partial charge in [0.2, 0.25) is 0 Å². The second kappa shape index (κ2) is 12.4. The van der Waals surface area contributed by atoms with Crippen molar-refractivity contribution in [1.29, 1.82) is 0 Å². The number of aliphatic hydroxyl groups is 1. The van der Waals surface area contributed by atoms with Crippen molar-refractivity contribution in [3.63, 3.8) is 0 Å². The summed E-state index contributed by atoms with van der Waals surface area (Å²) in [6.07, 6.45) is 4.98. The van der Waals surface area contributed by atoms with Crippen LogP contribution in [0.15, 0.2) is 46.0 Å². The summed E-state index contributed by atoms with van der Waals surface area (Å²) in [5, 5.41) is 13.5. The Labute approximate surface area is 260 Å². The first-order chi connectivity index (χ1) is 21.0. The van der Waals surface area contributed by atoms with Crippen LogP contribution in [0.3, 0.4) is 0 Å². The molecule has 0 spiro atoms. The molecular formula is C33H40N6O4S. The minimum atomic E-state index is -0.562. The molecular weight excluding hydrogens is 576 g/mol. The second-order valence-corrected chi connectivity index (χ2v) is 14.2. The van der Waals surface area contributed by atoms with E-state index in [4.69, 9.17) is 9.97 Å². The summed E-state index contributed by atoms with van der Waals surface area (Å²) in [6, 6.07) is 10.7. The number of rotatable bonds is 7. The van der Waals surface area contributed by atoms with E-state index in [0.717, 1.165) is 73.3 Å². The number of piperidine rings is 1. The topological polar surface area (TPSA) is 144 Å². The quantitative estimate of drug-likeness (QED) is 0.244. The standard InChI is InChI=1S/C33H40N6O4S/c1-33(2,3)22-8-9-24-21(16-22)17-27-30(35-24)44-31(36-27)29(42)34-25(12-15-39-13-10-23(40)11-14-39)19-4-6-20(7-5-19)26-18-28(41)38-32(43)37-26/h4-7,17-18,22-23,25,40H,8-16H2,1-3H3,(H,34,42)(H2,37,38,41,43)/t22-,25+/m0/s1. The smallest absolute Gasteiger partial charge is 0.326 e. The Hall–Kier alpha value is -3.67. The first-order valence-electron chi connectivity index (χ1n) is 15.5. The van der Waals surface area contributed by atoms with Crippen LogP contribution < -0.4 is 16.6 Å². The van der Waals surface area contributed by atoms with Crippen LogP contribution in [0, 0.1) is 11.3 Å². The molecule has 4 heterocycles. The number of nitrogens with one attached hydrogen (secondary N) is 3. The van der Waals surface area contributed by atoms with Crippen molar-refractivity contribution in [3.05, 3.63) is 79.1 Å². The molecule has 0 unspecified atom stereocenters. The molecule has 1 aliphatic heterocycles. The lowest BCUT2D eigenvalue weighted by molar-refractivity contribution is 0.0795. The molecule has 1 fully saturated rings. The van der Waals surface area contributed by atoms with Crippen LogP contribution in [-0.4, -0.2) is 61.6 Å². The maximum atomic E-state index is 13.6. The van der Waals surface area contributed by atoms with Crippen molar-refractivity contribution in [2.24, 2.45) is 11.3 Å². The average Bonchev–Trinajstić information content (AvgIpc) is 3.41. The van der Waals surface area contributed by atoms with Gasteiger partial charge in [-0.3, -0.25) is 14.6 Å². The number of amides is 1. The van der Waals surface area contributed by atoms with Crippen LogP contribution >= 0.6 is 11.3 Å². The number of hydrogen-bond donors (Lipinski definition) is 4. The maximum Gasteiger partial charge on any atom is 0.326 e. The number of likely N-dealkylation sites (tertiary alicyclic amines) is 1. The molecule has 1 aliphatic carbocycles. The fourth-order valence-electron chi connectivity index (χ4n) is 6.36. The van der Waals surface area contributed by atoms with Gasteiger partial charge in [-0.15, -0.1) is 0 Å². The van der Waals surface area contributed by atoms with Gasteiger partial charge in [-0.2, -0.15) is 0 Å². The Kier molecular flexibility index (Phi) is 8.54.